The third kappa shape index (κ3) is 2.09. The SMILES string of the molecule is Nc1noc(-c2ccoc2)c1-c1ccc(Cl)c(Cl)c1. The standard InChI is InChI=1S/C13H8Cl2N2O2/c14-9-2-1-7(5-10(9)15)11-12(19-17-13(11)16)8-3-4-18-6-8/h1-6H,(H2,16,17). The van der Waals surface area contributed by atoms with E-state index >= 15 is 0 Å². The molecule has 3 rings (SSSR count). The lowest BCUT2D eigenvalue weighted by atomic mass is 10.0. The van der Waals surface area contributed by atoms with Crippen molar-refractivity contribution in [2.24, 2.45) is 0 Å². The van der Waals surface area contributed by atoms with Gasteiger partial charge in [-0.3, -0.25) is 0 Å². The summed E-state index contributed by atoms with van der Waals surface area (Å²) in [5.74, 6) is 0.819. The lowest BCUT2D eigenvalue weighted by Gasteiger charge is -2.03. The molecule has 96 valence electrons. The molecule has 0 saturated heterocycles. The van der Waals surface area contributed by atoms with E-state index in [2.05, 4.69) is 5.16 Å². The molecule has 3 aromatic rings. The van der Waals surface area contributed by atoms with Gasteiger partial charge in [-0.2, -0.15) is 0 Å². The van der Waals surface area contributed by atoms with Crippen molar-refractivity contribution in [1.82, 2.24) is 5.16 Å². The highest BCUT2D eigenvalue weighted by Crippen LogP contribution is 2.38. The first-order valence-corrected chi connectivity index (χ1v) is 6.15. The van der Waals surface area contributed by atoms with Crippen LogP contribution in [0.15, 0.2) is 45.7 Å². The molecule has 0 aliphatic heterocycles. The molecule has 0 fully saturated rings. The van der Waals surface area contributed by atoms with E-state index in [0.717, 1.165) is 11.1 Å². The Morgan fingerprint density at radius 1 is 1.05 bits per heavy atom. The normalized spacial score (nSPS) is 10.8. The monoisotopic (exact) mass is 294 g/mol. The summed E-state index contributed by atoms with van der Waals surface area (Å²) in [7, 11) is 0. The zero-order valence-corrected chi connectivity index (χ0v) is 11.1. The smallest absolute Gasteiger partial charge is 0.180 e. The Morgan fingerprint density at radius 2 is 1.89 bits per heavy atom. The van der Waals surface area contributed by atoms with Crippen molar-refractivity contribution in [1.29, 1.82) is 0 Å². The molecule has 0 atom stereocenters. The molecule has 0 aliphatic carbocycles. The molecule has 0 radical (unpaired) electrons. The van der Waals surface area contributed by atoms with E-state index in [4.69, 9.17) is 37.9 Å². The van der Waals surface area contributed by atoms with Gasteiger partial charge in [-0.1, -0.05) is 34.4 Å². The predicted molar refractivity (Wildman–Crippen MR) is 74.1 cm³/mol. The summed E-state index contributed by atoms with van der Waals surface area (Å²) in [6.07, 6.45) is 3.10. The lowest BCUT2D eigenvalue weighted by molar-refractivity contribution is 0.435. The summed E-state index contributed by atoms with van der Waals surface area (Å²) in [6, 6.07) is 6.99. The van der Waals surface area contributed by atoms with E-state index in [1.807, 2.05) is 0 Å². The number of hydrogen-bond acceptors (Lipinski definition) is 4. The number of nitrogen functional groups attached to an aromatic ring is 1. The molecule has 2 heterocycles. The Balaban J connectivity index is 2.19. The summed E-state index contributed by atoms with van der Waals surface area (Å²) in [5.41, 5.74) is 8.06. The Kier molecular flexibility index (Phi) is 2.97. The van der Waals surface area contributed by atoms with Gasteiger partial charge in [-0.05, 0) is 23.8 Å². The third-order valence-electron chi connectivity index (χ3n) is 2.71. The summed E-state index contributed by atoms with van der Waals surface area (Å²) in [6.45, 7) is 0. The quantitative estimate of drug-likeness (QED) is 0.756. The molecule has 2 aromatic heterocycles. The summed E-state index contributed by atoms with van der Waals surface area (Å²) in [4.78, 5) is 0. The van der Waals surface area contributed by atoms with Crippen LogP contribution in [0.2, 0.25) is 10.0 Å². The highest BCUT2D eigenvalue weighted by molar-refractivity contribution is 6.42. The van der Waals surface area contributed by atoms with Gasteiger partial charge in [-0.15, -0.1) is 0 Å². The number of rotatable bonds is 2. The second kappa shape index (κ2) is 4.64. The first-order valence-electron chi connectivity index (χ1n) is 5.40. The third-order valence-corrected chi connectivity index (χ3v) is 3.45. The number of benzene rings is 1. The minimum Gasteiger partial charge on any atom is -0.472 e. The van der Waals surface area contributed by atoms with Crippen LogP contribution < -0.4 is 5.73 Å². The first-order chi connectivity index (χ1) is 9.16. The van der Waals surface area contributed by atoms with Gasteiger partial charge >= 0.3 is 0 Å². The highest BCUT2D eigenvalue weighted by Gasteiger charge is 2.19. The van der Waals surface area contributed by atoms with Crippen molar-refractivity contribution >= 4 is 29.0 Å². The van der Waals surface area contributed by atoms with Crippen LogP contribution in [0.5, 0.6) is 0 Å². The van der Waals surface area contributed by atoms with Crippen LogP contribution in [0.1, 0.15) is 0 Å². The van der Waals surface area contributed by atoms with Crippen molar-refractivity contribution in [2.75, 3.05) is 5.73 Å². The fourth-order valence-electron chi connectivity index (χ4n) is 1.82. The molecular formula is C13H8Cl2N2O2. The largest absolute Gasteiger partial charge is 0.472 e. The Hall–Kier alpha value is -1.91. The number of hydrogen-bond donors (Lipinski definition) is 1. The number of halogens is 2. The number of aromatic nitrogens is 1. The second-order valence-corrected chi connectivity index (χ2v) is 4.73. The Morgan fingerprint density at radius 3 is 2.58 bits per heavy atom. The molecule has 2 N–H and O–H groups in total. The zero-order valence-electron chi connectivity index (χ0n) is 9.56. The van der Waals surface area contributed by atoms with Gasteiger partial charge in [0.05, 0.1) is 27.4 Å². The fraction of sp³-hybridized carbons (Fsp3) is 0. The zero-order chi connectivity index (χ0) is 13.4. The van der Waals surface area contributed by atoms with Gasteiger partial charge in [0, 0.05) is 0 Å². The fourth-order valence-corrected chi connectivity index (χ4v) is 2.12. The van der Waals surface area contributed by atoms with Gasteiger partial charge in [0.1, 0.15) is 6.26 Å². The first kappa shape index (κ1) is 12.1. The van der Waals surface area contributed by atoms with Crippen LogP contribution in [0.3, 0.4) is 0 Å². The topological polar surface area (TPSA) is 65.2 Å². The molecule has 1 aromatic carbocycles. The molecule has 6 heteroatoms. The van der Waals surface area contributed by atoms with E-state index in [1.165, 1.54) is 0 Å². The number of furan rings is 1. The second-order valence-electron chi connectivity index (χ2n) is 3.91. The van der Waals surface area contributed by atoms with E-state index in [1.54, 1.807) is 36.8 Å². The molecule has 0 spiro atoms. The molecule has 0 aliphatic rings. The van der Waals surface area contributed by atoms with E-state index in [-0.39, 0.29) is 5.82 Å². The van der Waals surface area contributed by atoms with Gasteiger partial charge in [0.2, 0.25) is 0 Å². The maximum absolute atomic E-state index is 6.02. The molecule has 0 bridgehead atoms. The van der Waals surface area contributed by atoms with Crippen LogP contribution in [0, 0.1) is 0 Å². The molecule has 0 saturated carbocycles. The average molecular weight is 295 g/mol. The molecule has 4 nitrogen and oxygen atoms in total. The van der Waals surface area contributed by atoms with Gasteiger partial charge in [0.25, 0.3) is 0 Å². The average Bonchev–Trinajstić information content (AvgIpc) is 3.01. The molecule has 19 heavy (non-hydrogen) atoms. The minimum atomic E-state index is 0.287. The van der Waals surface area contributed by atoms with Crippen molar-refractivity contribution in [3.8, 4) is 22.5 Å². The number of anilines is 1. The summed E-state index contributed by atoms with van der Waals surface area (Å²) < 4.78 is 10.3. The predicted octanol–water partition coefficient (Wildman–Crippen LogP) is 4.49. The van der Waals surface area contributed by atoms with Gasteiger partial charge < -0.3 is 14.7 Å². The number of nitrogens with two attached hydrogens (primary N) is 1. The van der Waals surface area contributed by atoms with Crippen LogP contribution in [0.4, 0.5) is 5.82 Å². The lowest BCUT2D eigenvalue weighted by Crippen LogP contribution is -1.88. The van der Waals surface area contributed by atoms with Crippen molar-refractivity contribution < 1.29 is 8.94 Å². The summed E-state index contributed by atoms with van der Waals surface area (Å²) >= 11 is 11.9. The van der Waals surface area contributed by atoms with Crippen LogP contribution in [-0.2, 0) is 0 Å². The van der Waals surface area contributed by atoms with Crippen LogP contribution in [0.25, 0.3) is 22.5 Å². The molecular weight excluding hydrogens is 287 g/mol. The Labute approximate surface area is 118 Å². The van der Waals surface area contributed by atoms with Crippen LogP contribution in [-0.4, -0.2) is 5.16 Å². The highest BCUT2D eigenvalue weighted by atomic mass is 35.5. The maximum atomic E-state index is 6.02. The molecule has 0 unspecified atom stereocenters. The number of nitrogens with zero attached hydrogens (tertiary/aromatic N) is 1. The minimum absolute atomic E-state index is 0.287. The van der Waals surface area contributed by atoms with E-state index in [9.17, 15) is 0 Å². The maximum Gasteiger partial charge on any atom is 0.180 e. The van der Waals surface area contributed by atoms with Gasteiger partial charge in [0.15, 0.2) is 11.6 Å². The van der Waals surface area contributed by atoms with Crippen molar-refractivity contribution in [2.45, 2.75) is 0 Å². The Bertz CT molecular complexity index is 720. The van der Waals surface area contributed by atoms with Gasteiger partial charge in [-0.25, -0.2) is 0 Å². The van der Waals surface area contributed by atoms with Crippen molar-refractivity contribution in [3.63, 3.8) is 0 Å². The molecule has 0 amide bonds. The van der Waals surface area contributed by atoms with Crippen molar-refractivity contribution in [3.05, 3.63) is 46.8 Å². The van der Waals surface area contributed by atoms with E-state index < -0.39 is 0 Å². The van der Waals surface area contributed by atoms with E-state index in [0.29, 0.717) is 21.4 Å². The van der Waals surface area contributed by atoms with Crippen LogP contribution >= 0.6 is 23.2 Å². The summed E-state index contributed by atoms with van der Waals surface area (Å²) in [5, 5.41) is 4.71.